The molecule has 1 N–H and O–H groups in total. The van der Waals surface area contributed by atoms with Crippen LogP contribution in [0.15, 0.2) is 33.2 Å². The number of amides is 1. The Bertz CT molecular complexity index is 739. The number of hydrogen-bond acceptors (Lipinski definition) is 3. The van der Waals surface area contributed by atoms with Crippen molar-refractivity contribution in [3.63, 3.8) is 0 Å². The lowest BCUT2D eigenvalue weighted by atomic mass is 9.90. The Balaban J connectivity index is 1.89. The predicted octanol–water partition coefficient (Wildman–Crippen LogP) is 3.52. The molecule has 22 heavy (non-hydrogen) atoms. The van der Waals surface area contributed by atoms with E-state index in [1.165, 1.54) is 0 Å². The van der Waals surface area contributed by atoms with E-state index in [0.717, 1.165) is 9.86 Å². The molecule has 2 atom stereocenters. The van der Waals surface area contributed by atoms with Gasteiger partial charge < -0.3 is 14.4 Å². The standard InChI is InChI=1S/C16H16BrNO4/c1-9-12(16(20)21)3-2-6-18(9)15(19)14-8-10-7-11(17)4-5-13(10)22-14/h4-5,7-9,12H,2-3,6H2,1H3,(H,20,21)/t9-,12-/m1/s1. The van der Waals surface area contributed by atoms with Gasteiger partial charge in [0.1, 0.15) is 5.58 Å². The average Bonchev–Trinajstić information content (AvgIpc) is 2.89. The summed E-state index contributed by atoms with van der Waals surface area (Å²) in [7, 11) is 0. The number of hydrogen-bond donors (Lipinski definition) is 1. The van der Waals surface area contributed by atoms with E-state index in [9.17, 15) is 14.7 Å². The summed E-state index contributed by atoms with van der Waals surface area (Å²) in [5, 5.41) is 10.1. The summed E-state index contributed by atoms with van der Waals surface area (Å²) in [5.74, 6) is -1.36. The molecule has 0 spiro atoms. The summed E-state index contributed by atoms with van der Waals surface area (Å²) in [5.41, 5.74) is 0.644. The first-order chi connectivity index (χ1) is 10.5. The molecule has 116 valence electrons. The summed E-state index contributed by atoms with van der Waals surface area (Å²) in [6.45, 7) is 2.35. The summed E-state index contributed by atoms with van der Waals surface area (Å²) in [6, 6.07) is 6.91. The van der Waals surface area contributed by atoms with Crippen LogP contribution >= 0.6 is 15.9 Å². The van der Waals surface area contributed by atoms with Crippen LogP contribution in [0.4, 0.5) is 0 Å². The van der Waals surface area contributed by atoms with Gasteiger partial charge in [-0.15, -0.1) is 0 Å². The Hall–Kier alpha value is -1.82. The van der Waals surface area contributed by atoms with Crippen LogP contribution in [0.3, 0.4) is 0 Å². The topological polar surface area (TPSA) is 70.8 Å². The minimum absolute atomic E-state index is 0.245. The number of fused-ring (bicyclic) bond motifs is 1. The monoisotopic (exact) mass is 365 g/mol. The maximum absolute atomic E-state index is 12.7. The van der Waals surface area contributed by atoms with Crippen LogP contribution in [0.5, 0.6) is 0 Å². The number of piperidine rings is 1. The van der Waals surface area contributed by atoms with Gasteiger partial charge in [-0.05, 0) is 44.0 Å². The Kier molecular flexibility index (Phi) is 3.95. The highest BCUT2D eigenvalue weighted by molar-refractivity contribution is 9.10. The fraction of sp³-hybridized carbons (Fsp3) is 0.375. The van der Waals surface area contributed by atoms with E-state index in [-0.39, 0.29) is 17.7 Å². The van der Waals surface area contributed by atoms with Crippen LogP contribution in [0.2, 0.25) is 0 Å². The van der Waals surface area contributed by atoms with Gasteiger partial charge in [0, 0.05) is 22.4 Å². The highest BCUT2D eigenvalue weighted by atomic mass is 79.9. The normalized spacial score (nSPS) is 22.0. The third-order valence-electron chi connectivity index (χ3n) is 4.26. The molecule has 1 aromatic carbocycles. The molecule has 5 nitrogen and oxygen atoms in total. The third-order valence-corrected chi connectivity index (χ3v) is 4.75. The molecule has 2 heterocycles. The van der Waals surface area contributed by atoms with Crippen molar-refractivity contribution in [2.75, 3.05) is 6.54 Å². The second-order valence-electron chi connectivity index (χ2n) is 5.62. The Labute approximate surface area is 136 Å². The molecule has 2 aromatic rings. The van der Waals surface area contributed by atoms with Gasteiger partial charge in [0.25, 0.3) is 5.91 Å². The first-order valence-electron chi connectivity index (χ1n) is 7.20. The van der Waals surface area contributed by atoms with E-state index < -0.39 is 11.9 Å². The van der Waals surface area contributed by atoms with Crippen molar-refractivity contribution in [2.45, 2.75) is 25.8 Å². The Morgan fingerprint density at radius 3 is 2.86 bits per heavy atom. The van der Waals surface area contributed by atoms with Gasteiger partial charge in [0.2, 0.25) is 0 Å². The highest BCUT2D eigenvalue weighted by Gasteiger charge is 2.36. The van der Waals surface area contributed by atoms with Gasteiger partial charge in [-0.25, -0.2) is 0 Å². The van der Waals surface area contributed by atoms with Crippen LogP contribution in [0.1, 0.15) is 30.3 Å². The molecule has 0 radical (unpaired) electrons. The molecule has 1 saturated heterocycles. The maximum atomic E-state index is 12.7. The van der Waals surface area contributed by atoms with E-state index in [1.54, 1.807) is 24.0 Å². The summed E-state index contributed by atoms with van der Waals surface area (Å²) >= 11 is 3.39. The number of aliphatic carboxylic acids is 1. The SMILES string of the molecule is C[C@@H]1[C@H](C(=O)O)CCCN1C(=O)c1cc2cc(Br)ccc2o1. The number of benzene rings is 1. The number of furan rings is 1. The predicted molar refractivity (Wildman–Crippen MR) is 84.8 cm³/mol. The van der Waals surface area contributed by atoms with Gasteiger partial charge in [-0.2, -0.15) is 0 Å². The number of nitrogens with zero attached hydrogens (tertiary/aromatic N) is 1. The number of carbonyl (C=O) groups excluding carboxylic acids is 1. The summed E-state index contributed by atoms with van der Waals surface area (Å²) in [6.07, 6.45) is 1.30. The minimum atomic E-state index is -0.849. The molecule has 1 aliphatic heterocycles. The molecular formula is C16H16BrNO4. The lowest BCUT2D eigenvalue weighted by Gasteiger charge is -2.36. The van der Waals surface area contributed by atoms with Crippen LogP contribution < -0.4 is 0 Å². The zero-order valence-corrected chi connectivity index (χ0v) is 13.7. The molecule has 0 unspecified atom stereocenters. The second kappa shape index (κ2) is 5.76. The molecule has 1 aromatic heterocycles. The second-order valence-corrected chi connectivity index (χ2v) is 6.53. The van der Waals surface area contributed by atoms with Gasteiger partial charge in [-0.3, -0.25) is 9.59 Å². The molecule has 1 fully saturated rings. The highest BCUT2D eigenvalue weighted by Crippen LogP contribution is 2.28. The number of carboxylic acid groups (broad SMARTS) is 1. The van der Waals surface area contributed by atoms with Gasteiger partial charge in [0.15, 0.2) is 5.76 Å². The smallest absolute Gasteiger partial charge is 0.308 e. The first-order valence-corrected chi connectivity index (χ1v) is 7.99. The molecule has 1 amide bonds. The van der Waals surface area contributed by atoms with E-state index >= 15 is 0 Å². The summed E-state index contributed by atoms with van der Waals surface area (Å²) in [4.78, 5) is 25.5. The van der Waals surface area contributed by atoms with Crippen LogP contribution in [-0.4, -0.2) is 34.5 Å². The number of likely N-dealkylation sites (tertiary alicyclic amines) is 1. The number of halogens is 1. The van der Waals surface area contributed by atoms with Crippen molar-refractivity contribution < 1.29 is 19.1 Å². The van der Waals surface area contributed by atoms with Crippen molar-refractivity contribution in [3.05, 3.63) is 34.5 Å². The van der Waals surface area contributed by atoms with Crippen molar-refractivity contribution >= 4 is 38.8 Å². The molecule has 1 aliphatic rings. The lowest BCUT2D eigenvalue weighted by molar-refractivity contribution is -0.145. The zero-order valence-electron chi connectivity index (χ0n) is 12.1. The van der Waals surface area contributed by atoms with Crippen LogP contribution in [0, 0.1) is 5.92 Å². The van der Waals surface area contributed by atoms with E-state index in [2.05, 4.69) is 15.9 Å². The van der Waals surface area contributed by atoms with Gasteiger partial charge in [-0.1, -0.05) is 15.9 Å². The fourth-order valence-corrected chi connectivity index (χ4v) is 3.40. The molecular weight excluding hydrogens is 350 g/mol. The number of rotatable bonds is 2. The molecule has 6 heteroatoms. The summed E-state index contributed by atoms with van der Waals surface area (Å²) < 4.78 is 6.54. The fourth-order valence-electron chi connectivity index (χ4n) is 3.02. The largest absolute Gasteiger partial charge is 0.481 e. The van der Waals surface area contributed by atoms with Crippen LogP contribution in [-0.2, 0) is 4.79 Å². The Morgan fingerprint density at radius 2 is 2.14 bits per heavy atom. The maximum Gasteiger partial charge on any atom is 0.308 e. The average molecular weight is 366 g/mol. The van der Waals surface area contributed by atoms with Gasteiger partial charge >= 0.3 is 5.97 Å². The van der Waals surface area contributed by atoms with Crippen molar-refractivity contribution in [2.24, 2.45) is 5.92 Å². The molecule has 0 aliphatic carbocycles. The van der Waals surface area contributed by atoms with Gasteiger partial charge in [0.05, 0.1) is 5.92 Å². The van der Waals surface area contributed by atoms with E-state index in [1.807, 2.05) is 12.1 Å². The van der Waals surface area contributed by atoms with Crippen molar-refractivity contribution in [3.8, 4) is 0 Å². The molecule has 3 rings (SSSR count). The first kappa shape index (κ1) is 15.1. The Morgan fingerprint density at radius 1 is 1.36 bits per heavy atom. The number of carbonyl (C=O) groups is 2. The quantitative estimate of drug-likeness (QED) is 0.883. The van der Waals surface area contributed by atoms with E-state index in [0.29, 0.717) is 25.0 Å². The third kappa shape index (κ3) is 2.63. The van der Waals surface area contributed by atoms with Crippen LogP contribution in [0.25, 0.3) is 11.0 Å². The lowest BCUT2D eigenvalue weighted by Crippen LogP contribution is -2.49. The number of carboxylic acids is 1. The van der Waals surface area contributed by atoms with Crippen molar-refractivity contribution in [1.29, 1.82) is 0 Å². The minimum Gasteiger partial charge on any atom is -0.481 e. The molecule has 0 bridgehead atoms. The van der Waals surface area contributed by atoms with Crippen molar-refractivity contribution in [1.82, 2.24) is 4.90 Å². The van der Waals surface area contributed by atoms with E-state index in [4.69, 9.17) is 4.42 Å². The zero-order chi connectivity index (χ0) is 15.9. The molecule has 0 saturated carbocycles.